The normalized spacial score (nSPS) is 14.7. The van der Waals surface area contributed by atoms with Crippen molar-refractivity contribution >= 4 is 23.0 Å². The van der Waals surface area contributed by atoms with Crippen LogP contribution in [-0.2, 0) is 6.54 Å². The minimum atomic E-state index is 0.310. The summed E-state index contributed by atoms with van der Waals surface area (Å²) in [6, 6.07) is 13.0. The van der Waals surface area contributed by atoms with E-state index >= 15 is 0 Å². The Morgan fingerprint density at radius 1 is 1.07 bits per heavy atom. The smallest absolute Gasteiger partial charge is 0.173 e. The number of hydrogen-bond donors (Lipinski definition) is 2. The summed E-state index contributed by atoms with van der Waals surface area (Å²) in [4.78, 5) is 4.53. The number of phenolic OH excluding ortho intramolecular Hbond substituents is 1. The van der Waals surface area contributed by atoms with E-state index in [1.807, 2.05) is 36.4 Å². The van der Waals surface area contributed by atoms with Gasteiger partial charge in [0, 0.05) is 38.8 Å². The van der Waals surface area contributed by atoms with Crippen molar-refractivity contribution in [1.82, 2.24) is 9.80 Å². The van der Waals surface area contributed by atoms with Crippen LogP contribution in [0.4, 0.5) is 5.69 Å². The second-order valence-corrected chi connectivity index (χ2v) is 6.82. The van der Waals surface area contributed by atoms with Crippen molar-refractivity contribution in [3.05, 3.63) is 48.0 Å². The molecule has 7 heteroatoms. The zero-order chi connectivity index (χ0) is 19.2. The van der Waals surface area contributed by atoms with Gasteiger partial charge in [0.25, 0.3) is 0 Å². The summed E-state index contributed by atoms with van der Waals surface area (Å²) < 4.78 is 10.6. The molecule has 6 nitrogen and oxygen atoms in total. The highest BCUT2D eigenvalue weighted by atomic mass is 32.1. The molecule has 0 atom stereocenters. The molecule has 144 valence electrons. The predicted octanol–water partition coefficient (Wildman–Crippen LogP) is 2.92. The number of nitrogens with zero attached hydrogens (tertiary/aromatic N) is 2. The highest BCUT2D eigenvalue weighted by Crippen LogP contribution is 2.29. The third-order valence-corrected chi connectivity index (χ3v) is 4.99. The monoisotopic (exact) mass is 387 g/mol. The zero-order valence-corrected chi connectivity index (χ0v) is 16.5. The van der Waals surface area contributed by atoms with Crippen LogP contribution in [0.1, 0.15) is 5.56 Å². The number of ether oxygens (including phenoxy) is 2. The molecule has 0 bridgehead atoms. The molecule has 27 heavy (non-hydrogen) atoms. The van der Waals surface area contributed by atoms with Gasteiger partial charge in [-0.2, -0.15) is 0 Å². The van der Waals surface area contributed by atoms with Crippen LogP contribution >= 0.6 is 12.2 Å². The predicted molar refractivity (Wildman–Crippen MR) is 111 cm³/mol. The molecular formula is C20H25N3O3S. The molecule has 1 fully saturated rings. The fraction of sp³-hybridized carbons (Fsp3) is 0.350. The molecule has 1 heterocycles. The minimum absolute atomic E-state index is 0.310. The van der Waals surface area contributed by atoms with Crippen molar-refractivity contribution in [3.63, 3.8) is 0 Å². The quantitative estimate of drug-likeness (QED) is 0.765. The molecule has 0 saturated carbocycles. The van der Waals surface area contributed by atoms with Crippen molar-refractivity contribution in [2.24, 2.45) is 0 Å². The highest BCUT2D eigenvalue weighted by Gasteiger charge is 2.20. The standard InChI is InChI=1S/C20H25N3O3S/c1-25-17-6-7-18(19(13-17)26-2)21-20(27)23-10-8-22(9-11-23)14-15-4-3-5-16(24)12-15/h3-7,12-13,24H,8-11,14H2,1-2H3,(H,21,27). The lowest BCUT2D eigenvalue weighted by atomic mass is 10.2. The topological polar surface area (TPSA) is 57.2 Å². The van der Waals surface area contributed by atoms with Crippen molar-refractivity contribution in [2.75, 3.05) is 45.7 Å². The molecule has 0 amide bonds. The lowest BCUT2D eigenvalue weighted by Crippen LogP contribution is -2.49. The molecule has 0 unspecified atom stereocenters. The maximum Gasteiger partial charge on any atom is 0.173 e. The van der Waals surface area contributed by atoms with Crippen LogP contribution in [0.25, 0.3) is 0 Å². The van der Waals surface area contributed by atoms with Gasteiger partial charge in [0.05, 0.1) is 19.9 Å². The molecule has 1 aliphatic heterocycles. The van der Waals surface area contributed by atoms with E-state index in [1.165, 1.54) is 0 Å². The van der Waals surface area contributed by atoms with Gasteiger partial charge in [0.1, 0.15) is 17.2 Å². The number of phenols is 1. The number of nitrogens with one attached hydrogen (secondary N) is 1. The Balaban J connectivity index is 1.54. The van der Waals surface area contributed by atoms with Crippen LogP contribution in [-0.4, -0.2) is 60.4 Å². The van der Waals surface area contributed by atoms with E-state index in [9.17, 15) is 5.11 Å². The molecule has 0 aliphatic carbocycles. The van der Waals surface area contributed by atoms with E-state index < -0.39 is 0 Å². The number of aromatic hydroxyl groups is 1. The maximum absolute atomic E-state index is 9.60. The van der Waals surface area contributed by atoms with Crippen molar-refractivity contribution in [3.8, 4) is 17.2 Å². The summed E-state index contributed by atoms with van der Waals surface area (Å²) in [7, 11) is 3.26. The van der Waals surface area contributed by atoms with Gasteiger partial charge < -0.3 is 24.8 Å². The molecule has 0 spiro atoms. The second-order valence-electron chi connectivity index (χ2n) is 6.43. The zero-order valence-electron chi connectivity index (χ0n) is 15.6. The van der Waals surface area contributed by atoms with Crippen LogP contribution in [0.15, 0.2) is 42.5 Å². The SMILES string of the molecule is COc1ccc(NC(=S)N2CCN(Cc3cccc(O)c3)CC2)c(OC)c1. The van der Waals surface area contributed by atoms with Crippen molar-refractivity contribution < 1.29 is 14.6 Å². The molecule has 3 rings (SSSR count). The van der Waals surface area contributed by atoms with Crippen LogP contribution in [0.2, 0.25) is 0 Å². The molecule has 2 N–H and O–H groups in total. The number of anilines is 1. The van der Waals surface area contributed by atoms with Gasteiger partial charge in [-0.3, -0.25) is 4.90 Å². The lowest BCUT2D eigenvalue weighted by Gasteiger charge is -2.36. The number of methoxy groups -OCH3 is 2. The van der Waals surface area contributed by atoms with Gasteiger partial charge in [0.15, 0.2) is 5.11 Å². The van der Waals surface area contributed by atoms with Gasteiger partial charge in [0.2, 0.25) is 0 Å². The Morgan fingerprint density at radius 2 is 1.85 bits per heavy atom. The number of hydrogen-bond acceptors (Lipinski definition) is 5. The minimum Gasteiger partial charge on any atom is -0.508 e. The number of piperazine rings is 1. The van der Waals surface area contributed by atoms with E-state index in [0.717, 1.165) is 49.7 Å². The molecular weight excluding hydrogens is 362 g/mol. The Kier molecular flexibility index (Phi) is 6.36. The van der Waals surface area contributed by atoms with E-state index in [-0.39, 0.29) is 0 Å². The number of rotatable bonds is 5. The Morgan fingerprint density at radius 3 is 2.52 bits per heavy atom. The van der Waals surface area contributed by atoms with Gasteiger partial charge in [-0.25, -0.2) is 0 Å². The van der Waals surface area contributed by atoms with Crippen molar-refractivity contribution in [1.29, 1.82) is 0 Å². The van der Waals surface area contributed by atoms with Crippen LogP contribution in [0, 0.1) is 0 Å². The van der Waals surface area contributed by atoms with Gasteiger partial charge >= 0.3 is 0 Å². The van der Waals surface area contributed by atoms with E-state index in [4.69, 9.17) is 21.7 Å². The van der Waals surface area contributed by atoms with Gasteiger partial charge in [-0.05, 0) is 42.0 Å². The first-order valence-electron chi connectivity index (χ1n) is 8.87. The van der Waals surface area contributed by atoms with Gasteiger partial charge in [-0.1, -0.05) is 12.1 Å². The van der Waals surface area contributed by atoms with E-state index in [0.29, 0.717) is 16.6 Å². The van der Waals surface area contributed by atoms with Crippen LogP contribution in [0.5, 0.6) is 17.2 Å². The molecule has 1 aliphatic rings. The molecule has 2 aromatic carbocycles. The maximum atomic E-state index is 9.60. The van der Waals surface area contributed by atoms with Crippen LogP contribution < -0.4 is 14.8 Å². The van der Waals surface area contributed by atoms with E-state index in [2.05, 4.69) is 15.1 Å². The van der Waals surface area contributed by atoms with Crippen LogP contribution in [0.3, 0.4) is 0 Å². The first kappa shape index (κ1) is 19.3. The average molecular weight is 388 g/mol. The third-order valence-electron chi connectivity index (χ3n) is 4.63. The summed E-state index contributed by atoms with van der Waals surface area (Å²) in [5.41, 5.74) is 1.94. The summed E-state index contributed by atoms with van der Waals surface area (Å²) >= 11 is 5.59. The lowest BCUT2D eigenvalue weighted by molar-refractivity contribution is 0.177. The third kappa shape index (κ3) is 5.02. The summed E-state index contributed by atoms with van der Waals surface area (Å²) in [6.45, 7) is 4.36. The Labute approximate surface area is 165 Å². The molecule has 0 radical (unpaired) electrons. The first-order chi connectivity index (χ1) is 13.1. The fourth-order valence-corrected chi connectivity index (χ4v) is 3.41. The molecule has 1 saturated heterocycles. The number of benzene rings is 2. The number of thiocarbonyl (C=S) groups is 1. The fourth-order valence-electron chi connectivity index (χ4n) is 3.12. The van der Waals surface area contributed by atoms with E-state index in [1.54, 1.807) is 20.3 Å². The largest absolute Gasteiger partial charge is 0.508 e. The average Bonchev–Trinajstić information content (AvgIpc) is 2.69. The Hall–Kier alpha value is -2.51. The first-order valence-corrected chi connectivity index (χ1v) is 9.28. The summed E-state index contributed by atoms with van der Waals surface area (Å²) in [5.74, 6) is 1.74. The van der Waals surface area contributed by atoms with Crippen molar-refractivity contribution in [2.45, 2.75) is 6.54 Å². The Bertz CT molecular complexity index is 792. The molecule has 0 aromatic heterocycles. The van der Waals surface area contributed by atoms with Gasteiger partial charge in [-0.15, -0.1) is 0 Å². The molecule has 2 aromatic rings. The summed E-state index contributed by atoms with van der Waals surface area (Å²) in [5, 5.41) is 13.6. The second kappa shape index (κ2) is 8.92. The summed E-state index contributed by atoms with van der Waals surface area (Å²) in [6.07, 6.45) is 0. The highest BCUT2D eigenvalue weighted by molar-refractivity contribution is 7.80.